The van der Waals surface area contributed by atoms with Crippen LogP contribution in [0.5, 0.6) is 0 Å². The summed E-state index contributed by atoms with van der Waals surface area (Å²) in [7, 11) is 0. The van der Waals surface area contributed by atoms with E-state index >= 15 is 0 Å². The summed E-state index contributed by atoms with van der Waals surface area (Å²) in [6.07, 6.45) is 3.50. The van der Waals surface area contributed by atoms with Crippen LogP contribution in [0.1, 0.15) is 38.2 Å². The van der Waals surface area contributed by atoms with Crippen LogP contribution in [0, 0.1) is 16.7 Å². The van der Waals surface area contributed by atoms with Crippen molar-refractivity contribution in [2.24, 2.45) is 5.41 Å². The maximum atomic E-state index is 12.8. The molecule has 1 amide bonds. The van der Waals surface area contributed by atoms with Crippen molar-refractivity contribution in [3.05, 3.63) is 35.9 Å². The van der Waals surface area contributed by atoms with Crippen molar-refractivity contribution in [3.8, 4) is 6.07 Å². The van der Waals surface area contributed by atoms with Gasteiger partial charge in [-0.15, -0.1) is 0 Å². The quantitative estimate of drug-likeness (QED) is 0.828. The molecule has 0 N–H and O–H groups in total. The number of nitriles is 1. The second-order valence-electron chi connectivity index (χ2n) is 6.41. The molecule has 1 heterocycles. The minimum Gasteiger partial charge on any atom is -0.342 e. The number of carbonyl (C=O) groups is 1. The molecule has 2 fully saturated rings. The Morgan fingerprint density at radius 2 is 1.75 bits per heavy atom. The van der Waals surface area contributed by atoms with E-state index in [4.69, 9.17) is 0 Å². The highest BCUT2D eigenvalue weighted by Gasteiger charge is 2.53. The van der Waals surface area contributed by atoms with E-state index in [1.165, 1.54) is 0 Å². The van der Waals surface area contributed by atoms with E-state index in [1.54, 1.807) is 0 Å². The van der Waals surface area contributed by atoms with Gasteiger partial charge < -0.3 is 4.90 Å². The molecule has 1 aromatic rings. The largest absolute Gasteiger partial charge is 0.342 e. The monoisotopic (exact) mass is 268 g/mol. The number of carbonyl (C=O) groups excluding carboxylic acids is 1. The van der Waals surface area contributed by atoms with Crippen molar-refractivity contribution in [1.29, 1.82) is 5.26 Å². The third kappa shape index (κ3) is 2.10. The minimum absolute atomic E-state index is 0.250. The molecule has 0 unspecified atom stereocenters. The van der Waals surface area contributed by atoms with Crippen molar-refractivity contribution < 1.29 is 4.79 Å². The highest BCUT2D eigenvalue weighted by molar-refractivity contribution is 5.91. The van der Waals surface area contributed by atoms with Crippen LogP contribution in [-0.2, 0) is 10.2 Å². The first-order chi connectivity index (χ1) is 9.60. The lowest BCUT2D eigenvalue weighted by Gasteiger charge is -2.37. The molecule has 20 heavy (non-hydrogen) atoms. The predicted molar refractivity (Wildman–Crippen MR) is 76.9 cm³/mol. The number of piperidine rings is 1. The molecule has 1 aliphatic carbocycles. The molecule has 1 saturated carbocycles. The zero-order chi connectivity index (χ0) is 14.2. The van der Waals surface area contributed by atoms with E-state index in [0.29, 0.717) is 0 Å². The summed E-state index contributed by atoms with van der Waals surface area (Å²) in [5.41, 5.74) is 0.639. The van der Waals surface area contributed by atoms with E-state index < -0.39 is 0 Å². The molecular formula is C17H20N2O. The molecule has 0 atom stereocenters. The van der Waals surface area contributed by atoms with E-state index in [-0.39, 0.29) is 16.7 Å². The van der Waals surface area contributed by atoms with E-state index in [1.807, 2.05) is 30.0 Å². The second kappa shape index (κ2) is 4.63. The van der Waals surface area contributed by atoms with Crippen molar-refractivity contribution in [3.63, 3.8) is 0 Å². The number of amides is 1. The zero-order valence-electron chi connectivity index (χ0n) is 11.9. The van der Waals surface area contributed by atoms with Crippen molar-refractivity contribution in [1.82, 2.24) is 4.90 Å². The van der Waals surface area contributed by atoms with Crippen LogP contribution in [0.4, 0.5) is 0 Å². The first-order valence-electron chi connectivity index (χ1n) is 7.36. The van der Waals surface area contributed by atoms with Gasteiger partial charge in [-0.3, -0.25) is 4.79 Å². The first-order valence-corrected chi connectivity index (χ1v) is 7.36. The van der Waals surface area contributed by atoms with Gasteiger partial charge in [-0.25, -0.2) is 0 Å². The van der Waals surface area contributed by atoms with Gasteiger partial charge in [0.05, 0.1) is 16.9 Å². The minimum atomic E-state index is -0.262. The maximum absolute atomic E-state index is 12.8. The van der Waals surface area contributed by atoms with Gasteiger partial charge in [0.2, 0.25) is 5.91 Å². The molecule has 1 saturated heterocycles. The summed E-state index contributed by atoms with van der Waals surface area (Å²) >= 11 is 0. The molecule has 0 bridgehead atoms. The normalized spacial score (nSPS) is 22.9. The summed E-state index contributed by atoms with van der Waals surface area (Å²) in [6, 6.07) is 12.5. The highest BCUT2D eigenvalue weighted by Crippen LogP contribution is 2.50. The van der Waals surface area contributed by atoms with Gasteiger partial charge in [0.25, 0.3) is 0 Å². The highest BCUT2D eigenvalue weighted by atomic mass is 16.2. The van der Waals surface area contributed by atoms with Gasteiger partial charge in [-0.2, -0.15) is 5.26 Å². The average Bonchev–Trinajstić information content (AvgIpc) is 3.30. The second-order valence-corrected chi connectivity index (χ2v) is 6.41. The molecular weight excluding hydrogens is 248 g/mol. The van der Waals surface area contributed by atoms with Gasteiger partial charge in [-0.05, 0) is 38.2 Å². The van der Waals surface area contributed by atoms with Crippen LogP contribution in [0.3, 0.4) is 0 Å². The topological polar surface area (TPSA) is 44.1 Å². The molecule has 2 aliphatic rings. The summed E-state index contributed by atoms with van der Waals surface area (Å²) in [5, 5.41) is 9.17. The molecule has 104 valence electrons. The standard InChI is InChI=1S/C17H20N2O/c1-16(13-18)9-11-19(12-10-16)15(20)17(7-8-17)14-5-3-2-4-6-14/h2-6H,7-12H2,1H3. The number of benzene rings is 1. The van der Waals surface area contributed by atoms with Crippen LogP contribution in [0.15, 0.2) is 30.3 Å². The number of likely N-dealkylation sites (tertiary alicyclic amines) is 1. The lowest BCUT2D eigenvalue weighted by molar-refractivity contribution is -0.135. The third-order valence-electron chi connectivity index (χ3n) is 4.91. The van der Waals surface area contributed by atoms with Crippen LogP contribution < -0.4 is 0 Å². The lowest BCUT2D eigenvalue weighted by atomic mass is 9.81. The van der Waals surface area contributed by atoms with Crippen molar-refractivity contribution in [2.45, 2.75) is 38.0 Å². The fourth-order valence-electron chi connectivity index (χ4n) is 3.13. The summed E-state index contributed by atoms with van der Waals surface area (Å²) < 4.78 is 0. The molecule has 3 rings (SSSR count). The Kier molecular flexibility index (Phi) is 3.05. The molecule has 0 aromatic heterocycles. The van der Waals surface area contributed by atoms with Gasteiger partial charge in [-0.1, -0.05) is 30.3 Å². The Hall–Kier alpha value is -1.82. The smallest absolute Gasteiger partial charge is 0.233 e. The molecule has 1 aromatic carbocycles. The Balaban J connectivity index is 1.74. The number of hydrogen-bond donors (Lipinski definition) is 0. The van der Waals surface area contributed by atoms with Gasteiger partial charge >= 0.3 is 0 Å². The lowest BCUT2D eigenvalue weighted by Crippen LogP contribution is -2.46. The molecule has 0 radical (unpaired) electrons. The molecule has 1 aliphatic heterocycles. The fraction of sp³-hybridized carbons (Fsp3) is 0.529. The summed E-state index contributed by atoms with van der Waals surface area (Å²) in [5.74, 6) is 0.267. The summed E-state index contributed by atoms with van der Waals surface area (Å²) in [6.45, 7) is 3.44. The van der Waals surface area contributed by atoms with E-state index in [9.17, 15) is 10.1 Å². The predicted octanol–water partition coefficient (Wildman–Crippen LogP) is 2.87. The van der Waals surface area contributed by atoms with Crippen LogP contribution >= 0.6 is 0 Å². The number of hydrogen-bond acceptors (Lipinski definition) is 2. The van der Waals surface area contributed by atoms with Crippen molar-refractivity contribution in [2.75, 3.05) is 13.1 Å². The van der Waals surface area contributed by atoms with Gasteiger partial charge in [0.15, 0.2) is 0 Å². The number of nitrogens with zero attached hydrogens (tertiary/aromatic N) is 2. The van der Waals surface area contributed by atoms with Crippen LogP contribution in [0.25, 0.3) is 0 Å². The SMILES string of the molecule is CC1(C#N)CCN(C(=O)C2(c3ccccc3)CC2)CC1. The average molecular weight is 268 g/mol. The molecule has 3 nitrogen and oxygen atoms in total. The van der Waals surface area contributed by atoms with E-state index in [2.05, 4.69) is 18.2 Å². The number of rotatable bonds is 2. The van der Waals surface area contributed by atoms with Crippen LogP contribution in [0.2, 0.25) is 0 Å². The molecule has 3 heteroatoms. The maximum Gasteiger partial charge on any atom is 0.233 e. The Morgan fingerprint density at radius 3 is 2.25 bits per heavy atom. The summed E-state index contributed by atoms with van der Waals surface area (Å²) in [4.78, 5) is 14.8. The van der Waals surface area contributed by atoms with Gasteiger partial charge in [0, 0.05) is 13.1 Å². The first kappa shape index (κ1) is 13.2. The zero-order valence-corrected chi connectivity index (χ0v) is 11.9. The fourth-order valence-corrected chi connectivity index (χ4v) is 3.13. The van der Waals surface area contributed by atoms with E-state index in [0.717, 1.165) is 44.3 Å². The Bertz CT molecular complexity index is 546. The van der Waals surface area contributed by atoms with Crippen molar-refractivity contribution >= 4 is 5.91 Å². The van der Waals surface area contributed by atoms with Gasteiger partial charge in [0.1, 0.15) is 0 Å². The molecule has 0 spiro atoms. The van der Waals surface area contributed by atoms with Crippen LogP contribution in [-0.4, -0.2) is 23.9 Å². The Morgan fingerprint density at radius 1 is 1.15 bits per heavy atom. The Labute approximate surface area is 120 Å². The third-order valence-corrected chi connectivity index (χ3v) is 4.91.